The molecular weight excluding hydrogens is 363 g/mol. The lowest BCUT2D eigenvalue weighted by molar-refractivity contribution is 0.0844. The summed E-state index contributed by atoms with van der Waals surface area (Å²) in [5, 5.41) is 5.01. The predicted octanol–water partition coefficient (Wildman–Crippen LogP) is 3.25. The van der Waals surface area contributed by atoms with Crippen molar-refractivity contribution in [1.29, 1.82) is 0 Å². The lowest BCUT2D eigenvalue weighted by Gasteiger charge is -2.07. The fourth-order valence-electron chi connectivity index (χ4n) is 2.10. The predicted molar refractivity (Wildman–Crippen MR) is 95.0 cm³/mol. The summed E-state index contributed by atoms with van der Waals surface area (Å²) >= 11 is 11.9. The van der Waals surface area contributed by atoms with Crippen molar-refractivity contribution in [2.75, 3.05) is 0 Å². The van der Waals surface area contributed by atoms with Crippen LogP contribution in [0.15, 0.2) is 60.8 Å². The average Bonchev–Trinajstić information content (AvgIpc) is 3.10. The molecule has 2 N–H and O–H groups in total. The van der Waals surface area contributed by atoms with Gasteiger partial charge in [0.25, 0.3) is 11.8 Å². The minimum atomic E-state index is -0.554. The standard InChI is InChI=1S/C17H12Cl2N4O2/c18-11-4-3-5-12(10-11)23-9-8-15(22-23)17(25)21-20-16(24)13-6-1-2-7-14(13)19/h1-10H,(H,20,24)(H,21,25). The number of nitrogens with zero attached hydrogens (tertiary/aromatic N) is 2. The minimum Gasteiger partial charge on any atom is -0.267 e. The Morgan fingerprint density at radius 2 is 1.68 bits per heavy atom. The highest BCUT2D eigenvalue weighted by Gasteiger charge is 2.13. The van der Waals surface area contributed by atoms with Crippen molar-refractivity contribution in [1.82, 2.24) is 20.6 Å². The van der Waals surface area contributed by atoms with E-state index >= 15 is 0 Å². The van der Waals surface area contributed by atoms with Crippen LogP contribution >= 0.6 is 23.2 Å². The quantitative estimate of drug-likeness (QED) is 0.690. The largest absolute Gasteiger partial charge is 0.290 e. The number of hydrogen-bond acceptors (Lipinski definition) is 3. The van der Waals surface area contributed by atoms with Gasteiger partial charge in [-0.3, -0.25) is 20.4 Å². The molecule has 25 heavy (non-hydrogen) atoms. The van der Waals surface area contributed by atoms with Crippen molar-refractivity contribution >= 4 is 35.0 Å². The molecule has 1 heterocycles. The second-order valence-electron chi connectivity index (χ2n) is 5.01. The summed E-state index contributed by atoms with van der Waals surface area (Å²) in [5.41, 5.74) is 5.72. The molecule has 1 aromatic heterocycles. The highest BCUT2D eigenvalue weighted by molar-refractivity contribution is 6.33. The molecular formula is C17H12Cl2N4O2. The van der Waals surface area contributed by atoms with Crippen molar-refractivity contribution in [3.05, 3.63) is 82.1 Å². The van der Waals surface area contributed by atoms with Gasteiger partial charge in [0.1, 0.15) is 0 Å². The highest BCUT2D eigenvalue weighted by atomic mass is 35.5. The summed E-state index contributed by atoms with van der Waals surface area (Å²) in [4.78, 5) is 24.1. The Labute approximate surface area is 153 Å². The summed E-state index contributed by atoms with van der Waals surface area (Å²) < 4.78 is 1.51. The number of amides is 2. The topological polar surface area (TPSA) is 76.0 Å². The molecule has 2 aromatic carbocycles. The second-order valence-corrected chi connectivity index (χ2v) is 5.86. The summed E-state index contributed by atoms with van der Waals surface area (Å²) in [5.74, 6) is -1.07. The Morgan fingerprint density at radius 1 is 0.920 bits per heavy atom. The second kappa shape index (κ2) is 7.38. The van der Waals surface area contributed by atoms with E-state index in [2.05, 4.69) is 16.0 Å². The maximum absolute atomic E-state index is 12.1. The van der Waals surface area contributed by atoms with Crippen molar-refractivity contribution in [3.8, 4) is 5.69 Å². The van der Waals surface area contributed by atoms with E-state index in [1.54, 1.807) is 54.7 Å². The number of rotatable bonds is 3. The van der Waals surface area contributed by atoms with Gasteiger partial charge in [-0.1, -0.05) is 41.4 Å². The highest BCUT2D eigenvalue weighted by Crippen LogP contribution is 2.15. The third-order valence-electron chi connectivity index (χ3n) is 3.30. The van der Waals surface area contributed by atoms with Crippen LogP contribution in [0, 0.1) is 0 Å². The van der Waals surface area contributed by atoms with Gasteiger partial charge in [0.05, 0.1) is 16.3 Å². The van der Waals surface area contributed by atoms with Gasteiger partial charge < -0.3 is 0 Å². The third kappa shape index (κ3) is 3.99. The van der Waals surface area contributed by atoms with E-state index in [4.69, 9.17) is 23.2 Å². The lowest BCUT2D eigenvalue weighted by Crippen LogP contribution is -2.41. The van der Waals surface area contributed by atoms with Crippen LogP contribution in [0.4, 0.5) is 0 Å². The summed E-state index contributed by atoms with van der Waals surface area (Å²) in [6.07, 6.45) is 1.62. The summed E-state index contributed by atoms with van der Waals surface area (Å²) in [6.45, 7) is 0. The fourth-order valence-corrected chi connectivity index (χ4v) is 2.50. The summed E-state index contributed by atoms with van der Waals surface area (Å²) in [7, 11) is 0. The molecule has 8 heteroatoms. The molecule has 0 atom stereocenters. The van der Waals surface area contributed by atoms with Gasteiger partial charge >= 0.3 is 0 Å². The van der Waals surface area contributed by atoms with E-state index < -0.39 is 11.8 Å². The van der Waals surface area contributed by atoms with Crippen LogP contribution in [-0.4, -0.2) is 21.6 Å². The number of halogens is 2. The monoisotopic (exact) mass is 374 g/mol. The van der Waals surface area contributed by atoms with Crippen LogP contribution in [0.3, 0.4) is 0 Å². The maximum atomic E-state index is 12.1. The molecule has 6 nitrogen and oxygen atoms in total. The van der Waals surface area contributed by atoms with Crippen LogP contribution in [0.2, 0.25) is 10.0 Å². The van der Waals surface area contributed by atoms with Gasteiger partial charge in [0, 0.05) is 11.2 Å². The molecule has 3 rings (SSSR count). The fraction of sp³-hybridized carbons (Fsp3) is 0. The molecule has 0 spiro atoms. The van der Waals surface area contributed by atoms with E-state index in [9.17, 15) is 9.59 Å². The zero-order valence-corrected chi connectivity index (χ0v) is 14.3. The first-order chi connectivity index (χ1) is 12.0. The molecule has 0 saturated heterocycles. The molecule has 0 radical (unpaired) electrons. The SMILES string of the molecule is O=C(NNC(=O)c1ccccc1Cl)c1ccn(-c2cccc(Cl)c2)n1. The molecule has 0 fully saturated rings. The molecule has 0 unspecified atom stereocenters. The molecule has 0 aliphatic rings. The Kier molecular flexibility index (Phi) is 5.02. The first-order valence-electron chi connectivity index (χ1n) is 7.21. The zero-order valence-electron chi connectivity index (χ0n) is 12.7. The first-order valence-corrected chi connectivity index (χ1v) is 7.97. The van der Waals surface area contributed by atoms with Gasteiger partial charge in [-0.25, -0.2) is 4.68 Å². The lowest BCUT2D eigenvalue weighted by atomic mass is 10.2. The number of nitrogens with one attached hydrogen (secondary N) is 2. The Bertz CT molecular complexity index is 940. The van der Waals surface area contributed by atoms with E-state index in [-0.39, 0.29) is 11.3 Å². The molecule has 0 aliphatic carbocycles. The number of hydrazine groups is 1. The Morgan fingerprint density at radius 3 is 2.44 bits per heavy atom. The van der Waals surface area contributed by atoms with E-state index in [0.29, 0.717) is 15.7 Å². The van der Waals surface area contributed by atoms with Gasteiger partial charge in [0.15, 0.2) is 5.69 Å². The smallest absolute Gasteiger partial charge is 0.267 e. The Hall–Kier alpha value is -2.83. The van der Waals surface area contributed by atoms with Crippen LogP contribution in [0.1, 0.15) is 20.8 Å². The first kappa shape index (κ1) is 17.0. The van der Waals surface area contributed by atoms with E-state index in [1.807, 2.05) is 0 Å². The number of hydrogen-bond donors (Lipinski definition) is 2. The van der Waals surface area contributed by atoms with Gasteiger partial charge in [-0.15, -0.1) is 0 Å². The van der Waals surface area contributed by atoms with Crippen molar-refractivity contribution < 1.29 is 9.59 Å². The molecule has 3 aromatic rings. The maximum Gasteiger partial charge on any atom is 0.290 e. The number of carbonyl (C=O) groups is 2. The normalized spacial score (nSPS) is 10.3. The van der Waals surface area contributed by atoms with Gasteiger partial charge in [-0.2, -0.15) is 5.10 Å². The minimum absolute atomic E-state index is 0.138. The van der Waals surface area contributed by atoms with Crippen molar-refractivity contribution in [3.63, 3.8) is 0 Å². The number of benzene rings is 2. The van der Waals surface area contributed by atoms with Crippen LogP contribution < -0.4 is 10.9 Å². The molecule has 0 bridgehead atoms. The molecule has 0 saturated carbocycles. The molecule has 0 aliphatic heterocycles. The van der Waals surface area contributed by atoms with E-state index in [1.165, 1.54) is 10.7 Å². The zero-order chi connectivity index (χ0) is 17.8. The van der Waals surface area contributed by atoms with Gasteiger partial charge in [0.2, 0.25) is 0 Å². The number of carbonyl (C=O) groups excluding carboxylic acids is 2. The Balaban J connectivity index is 1.66. The average molecular weight is 375 g/mol. The van der Waals surface area contributed by atoms with Crippen LogP contribution in [0.25, 0.3) is 5.69 Å². The van der Waals surface area contributed by atoms with Crippen molar-refractivity contribution in [2.24, 2.45) is 0 Å². The number of aromatic nitrogens is 2. The van der Waals surface area contributed by atoms with Crippen LogP contribution in [-0.2, 0) is 0 Å². The van der Waals surface area contributed by atoms with E-state index in [0.717, 1.165) is 0 Å². The third-order valence-corrected chi connectivity index (χ3v) is 3.87. The van der Waals surface area contributed by atoms with Crippen molar-refractivity contribution in [2.45, 2.75) is 0 Å². The summed E-state index contributed by atoms with van der Waals surface area (Å²) in [6, 6.07) is 15.1. The van der Waals surface area contributed by atoms with Crippen LogP contribution in [0.5, 0.6) is 0 Å². The van der Waals surface area contributed by atoms with Gasteiger partial charge in [-0.05, 0) is 36.4 Å². The molecule has 2 amide bonds. The molecule has 126 valence electrons.